The van der Waals surface area contributed by atoms with Crippen LogP contribution in [-0.2, 0) is 14.3 Å². The highest BCUT2D eigenvalue weighted by atomic mass is 32.1. The Morgan fingerprint density at radius 3 is 2.62 bits per heavy atom. The second-order valence-electron chi connectivity index (χ2n) is 8.14. The van der Waals surface area contributed by atoms with E-state index in [2.05, 4.69) is 29.7 Å². The summed E-state index contributed by atoms with van der Waals surface area (Å²) in [4.78, 5) is 23.5. The molecule has 4 atom stereocenters. The second kappa shape index (κ2) is 13.0. The van der Waals surface area contributed by atoms with Crippen molar-refractivity contribution < 1.29 is 19.4 Å². The summed E-state index contributed by atoms with van der Waals surface area (Å²) < 4.78 is 6.08. The molecule has 3 N–H and O–H groups in total. The fourth-order valence-electron chi connectivity index (χ4n) is 4.23. The topological polar surface area (TPSA) is 87.7 Å². The Bertz CT molecular complexity index is 581. The van der Waals surface area contributed by atoms with Crippen LogP contribution >= 0.6 is 12.2 Å². The van der Waals surface area contributed by atoms with Crippen molar-refractivity contribution in [3.05, 3.63) is 12.2 Å². The van der Waals surface area contributed by atoms with Crippen LogP contribution in [0.4, 0.5) is 0 Å². The van der Waals surface area contributed by atoms with Gasteiger partial charge in [-0.15, -0.1) is 0 Å². The van der Waals surface area contributed by atoms with Gasteiger partial charge in [0.05, 0.1) is 23.7 Å². The summed E-state index contributed by atoms with van der Waals surface area (Å²) in [6.07, 6.45) is 13.9. The third kappa shape index (κ3) is 8.42. The molecule has 2 fully saturated rings. The Morgan fingerprint density at radius 2 is 1.86 bits per heavy atom. The predicted octanol–water partition coefficient (Wildman–Crippen LogP) is 3.59. The van der Waals surface area contributed by atoms with Crippen LogP contribution in [-0.4, -0.2) is 47.3 Å². The monoisotopic (exact) mass is 424 g/mol. The van der Waals surface area contributed by atoms with Crippen LogP contribution in [0.5, 0.6) is 0 Å². The number of carbonyl (C=O) groups excluding carboxylic acids is 1. The molecule has 0 unspecified atom stereocenters. The van der Waals surface area contributed by atoms with Crippen LogP contribution in [0.3, 0.4) is 0 Å². The molecule has 1 amide bonds. The molecule has 2 rings (SSSR count). The molecule has 6 nitrogen and oxygen atoms in total. The quantitative estimate of drug-likeness (QED) is 0.224. The van der Waals surface area contributed by atoms with E-state index in [-0.39, 0.29) is 31.1 Å². The van der Waals surface area contributed by atoms with E-state index in [4.69, 9.17) is 22.1 Å². The lowest BCUT2D eigenvalue weighted by atomic mass is 9.79. The summed E-state index contributed by atoms with van der Waals surface area (Å²) >= 11 is 5.28. The highest BCUT2D eigenvalue weighted by Crippen LogP contribution is 2.43. The molecular formula is C22H36N2O4S. The molecule has 7 heteroatoms. The van der Waals surface area contributed by atoms with Gasteiger partial charge in [0.2, 0.25) is 5.91 Å². The van der Waals surface area contributed by atoms with Crippen molar-refractivity contribution >= 4 is 29.1 Å². The van der Waals surface area contributed by atoms with Gasteiger partial charge in [-0.05, 0) is 44.9 Å². The number of hydrogen-bond donors (Lipinski definition) is 3. The van der Waals surface area contributed by atoms with Crippen molar-refractivity contribution in [1.29, 1.82) is 0 Å². The van der Waals surface area contributed by atoms with Gasteiger partial charge in [0.15, 0.2) is 0 Å². The number of amides is 1. The lowest BCUT2D eigenvalue weighted by Gasteiger charge is -2.26. The maximum absolute atomic E-state index is 12.2. The number of carboxylic acid groups (broad SMARTS) is 1. The predicted molar refractivity (Wildman–Crippen MR) is 118 cm³/mol. The Morgan fingerprint density at radius 1 is 1.10 bits per heavy atom. The molecule has 164 valence electrons. The van der Waals surface area contributed by atoms with E-state index in [9.17, 15) is 9.59 Å². The molecule has 0 aliphatic carbocycles. The molecule has 0 radical (unpaired) electrons. The van der Waals surface area contributed by atoms with E-state index in [1.807, 2.05) is 0 Å². The zero-order chi connectivity index (χ0) is 21.1. The highest BCUT2D eigenvalue weighted by molar-refractivity contribution is 7.80. The minimum atomic E-state index is -0.734. The summed E-state index contributed by atoms with van der Waals surface area (Å²) in [5, 5.41) is 14.8. The van der Waals surface area contributed by atoms with Gasteiger partial charge in [-0.3, -0.25) is 9.59 Å². The summed E-state index contributed by atoms with van der Waals surface area (Å²) in [5.74, 6) is -0.120. The van der Waals surface area contributed by atoms with Crippen molar-refractivity contribution in [1.82, 2.24) is 10.6 Å². The minimum Gasteiger partial charge on any atom is -0.481 e. The Kier molecular flexibility index (Phi) is 10.6. The molecular weight excluding hydrogens is 388 g/mol. The van der Waals surface area contributed by atoms with Crippen molar-refractivity contribution in [2.75, 3.05) is 13.1 Å². The number of aliphatic carboxylic acids is 1. The minimum absolute atomic E-state index is 0.0259. The summed E-state index contributed by atoms with van der Waals surface area (Å²) in [6, 6.07) is 0. The first kappa shape index (κ1) is 23.8. The van der Waals surface area contributed by atoms with E-state index in [1.165, 1.54) is 0 Å². The van der Waals surface area contributed by atoms with Gasteiger partial charge in [0, 0.05) is 24.8 Å². The van der Waals surface area contributed by atoms with Crippen LogP contribution in [0.25, 0.3) is 0 Å². The number of fused-ring (bicyclic) bond motifs is 2. The normalized spacial score (nSPS) is 25.4. The number of rotatable bonds is 14. The molecule has 2 heterocycles. The Labute approximate surface area is 179 Å². The first-order valence-corrected chi connectivity index (χ1v) is 11.5. The molecule has 2 saturated heterocycles. The van der Waals surface area contributed by atoms with Crippen LogP contribution in [0.2, 0.25) is 0 Å². The van der Waals surface area contributed by atoms with Crippen LogP contribution in [0.1, 0.15) is 71.1 Å². The standard InChI is InChI=1S/C22H36N2O4S/c1-2-3-6-10-21(29)24-15-20(25)23-14-17-16(18-12-13-19(17)28-18)9-7-4-5-8-11-22(26)27/h7,9,16-19H,2-6,8,10-15H2,1H3,(H,23,25)(H,24,29)(H,26,27)/b9-7-/t16-,17+,18-,19+/m0/s1. The summed E-state index contributed by atoms with van der Waals surface area (Å²) in [5.41, 5.74) is 0. The third-order valence-electron chi connectivity index (χ3n) is 5.84. The zero-order valence-electron chi connectivity index (χ0n) is 17.5. The van der Waals surface area contributed by atoms with Crippen molar-refractivity contribution in [3.63, 3.8) is 0 Å². The molecule has 2 aliphatic heterocycles. The summed E-state index contributed by atoms with van der Waals surface area (Å²) in [7, 11) is 0. The fourth-order valence-corrected chi connectivity index (χ4v) is 4.45. The highest BCUT2D eigenvalue weighted by Gasteiger charge is 2.47. The molecule has 0 aromatic carbocycles. The van der Waals surface area contributed by atoms with E-state index in [1.54, 1.807) is 0 Å². The van der Waals surface area contributed by atoms with Crippen molar-refractivity contribution in [2.24, 2.45) is 11.8 Å². The number of nitrogens with one attached hydrogen (secondary N) is 2. The van der Waals surface area contributed by atoms with Crippen LogP contribution < -0.4 is 10.6 Å². The zero-order valence-corrected chi connectivity index (χ0v) is 18.3. The van der Waals surface area contributed by atoms with Gasteiger partial charge in [0.1, 0.15) is 0 Å². The molecule has 29 heavy (non-hydrogen) atoms. The number of carboxylic acids is 1. The maximum atomic E-state index is 12.2. The van der Waals surface area contributed by atoms with Crippen molar-refractivity contribution in [2.45, 2.75) is 83.3 Å². The van der Waals surface area contributed by atoms with Gasteiger partial charge < -0.3 is 20.5 Å². The number of hydrogen-bond acceptors (Lipinski definition) is 4. The first-order chi connectivity index (χ1) is 14.0. The molecule has 2 bridgehead atoms. The molecule has 0 spiro atoms. The van der Waals surface area contributed by atoms with Gasteiger partial charge >= 0.3 is 5.97 Å². The third-order valence-corrected chi connectivity index (χ3v) is 6.19. The Balaban J connectivity index is 1.68. The average Bonchev–Trinajstić information content (AvgIpc) is 3.29. The summed E-state index contributed by atoms with van der Waals surface area (Å²) in [6.45, 7) is 3.01. The smallest absolute Gasteiger partial charge is 0.303 e. The first-order valence-electron chi connectivity index (χ1n) is 11.1. The lowest BCUT2D eigenvalue weighted by Crippen LogP contribution is -2.41. The van der Waals surface area contributed by atoms with Crippen LogP contribution in [0, 0.1) is 11.8 Å². The van der Waals surface area contributed by atoms with Gasteiger partial charge in [-0.1, -0.05) is 44.1 Å². The number of allylic oxidation sites excluding steroid dienone is 1. The average molecular weight is 425 g/mol. The van der Waals surface area contributed by atoms with Gasteiger partial charge in [-0.25, -0.2) is 0 Å². The number of ether oxygens (including phenoxy) is 1. The number of carbonyl (C=O) groups is 2. The van der Waals surface area contributed by atoms with E-state index in [0.717, 1.165) is 56.4 Å². The molecule has 0 aromatic rings. The van der Waals surface area contributed by atoms with Crippen LogP contribution in [0.15, 0.2) is 12.2 Å². The maximum Gasteiger partial charge on any atom is 0.303 e. The largest absolute Gasteiger partial charge is 0.481 e. The fraction of sp³-hybridized carbons (Fsp3) is 0.773. The molecule has 0 aromatic heterocycles. The van der Waals surface area contributed by atoms with E-state index >= 15 is 0 Å². The number of thiocarbonyl (C=S) groups is 1. The van der Waals surface area contributed by atoms with Crippen molar-refractivity contribution in [3.8, 4) is 0 Å². The Hall–Kier alpha value is -1.47. The molecule has 2 aliphatic rings. The molecule has 0 saturated carbocycles. The second-order valence-corrected chi connectivity index (χ2v) is 8.63. The SMILES string of the molecule is CCCCCC(=S)NCC(=O)NC[C@@H]1[C@H](/C=C\CCCCC(=O)O)[C@@H]2CC[C@H]1O2. The van der Waals surface area contributed by atoms with E-state index in [0.29, 0.717) is 24.8 Å². The lowest BCUT2D eigenvalue weighted by molar-refractivity contribution is -0.137. The van der Waals surface area contributed by atoms with Gasteiger partial charge in [0.25, 0.3) is 0 Å². The van der Waals surface area contributed by atoms with Gasteiger partial charge in [-0.2, -0.15) is 0 Å². The number of unbranched alkanes of at least 4 members (excludes halogenated alkanes) is 4. The van der Waals surface area contributed by atoms with E-state index < -0.39 is 5.97 Å².